The van der Waals surface area contributed by atoms with Gasteiger partial charge in [-0.25, -0.2) is 8.42 Å². The third-order valence-electron chi connectivity index (χ3n) is 3.01. The molecule has 1 amide bonds. The predicted octanol–water partition coefficient (Wildman–Crippen LogP) is 0.300. The van der Waals surface area contributed by atoms with Crippen molar-refractivity contribution in [2.75, 3.05) is 19.3 Å². The Balaban J connectivity index is 3.46. The van der Waals surface area contributed by atoms with Gasteiger partial charge in [-0.15, -0.1) is 0 Å². The zero-order chi connectivity index (χ0) is 15.0. The number of primary amides is 1. The van der Waals surface area contributed by atoms with Gasteiger partial charge < -0.3 is 11.5 Å². The van der Waals surface area contributed by atoms with Gasteiger partial charge in [-0.3, -0.25) is 4.79 Å². The van der Waals surface area contributed by atoms with Crippen LogP contribution in [0.3, 0.4) is 0 Å². The number of nitrogens with two attached hydrogens (primary N) is 2. The van der Waals surface area contributed by atoms with Crippen LogP contribution >= 0.6 is 0 Å². The summed E-state index contributed by atoms with van der Waals surface area (Å²) in [5.74, 6) is -0.707. The lowest BCUT2D eigenvalue weighted by molar-refractivity contribution is -0.118. The smallest absolute Gasteiger partial charge is 0.243 e. The van der Waals surface area contributed by atoms with Crippen molar-refractivity contribution < 1.29 is 13.2 Å². The number of hydrogen-bond donors (Lipinski definition) is 2. The Morgan fingerprint density at radius 2 is 1.79 bits per heavy atom. The molecule has 1 rings (SSSR count). The lowest BCUT2D eigenvalue weighted by atomic mass is 10.1. The second-order valence-electron chi connectivity index (χ2n) is 4.61. The number of amides is 1. The highest BCUT2D eigenvalue weighted by molar-refractivity contribution is 7.89. The van der Waals surface area contributed by atoms with E-state index in [1.165, 1.54) is 7.05 Å². The molecule has 0 aliphatic carbocycles. The molecule has 1 aromatic carbocycles. The molecule has 0 atom stereocenters. The molecule has 4 N–H and O–H groups in total. The molecular formula is C12H19N3O3S. The number of likely N-dealkylation sites (N-methyl/N-ethyl adjacent to an activating group) is 1. The first-order chi connectivity index (χ1) is 8.59. The van der Waals surface area contributed by atoms with Crippen molar-refractivity contribution in [1.82, 2.24) is 4.31 Å². The molecule has 0 saturated heterocycles. The van der Waals surface area contributed by atoms with E-state index in [0.29, 0.717) is 16.8 Å². The molecule has 0 bridgehead atoms. The Morgan fingerprint density at radius 1 is 1.26 bits per heavy atom. The number of anilines is 1. The van der Waals surface area contributed by atoms with Crippen molar-refractivity contribution in [3.63, 3.8) is 0 Å². The molecule has 6 nitrogen and oxygen atoms in total. The summed E-state index contributed by atoms with van der Waals surface area (Å²) in [4.78, 5) is 11.0. The van der Waals surface area contributed by atoms with Gasteiger partial charge in [-0.2, -0.15) is 4.31 Å². The summed E-state index contributed by atoms with van der Waals surface area (Å²) in [6.07, 6.45) is 0. The molecule has 7 heteroatoms. The van der Waals surface area contributed by atoms with E-state index in [2.05, 4.69) is 0 Å². The summed E-state index contributed by atoms with van der Waals surface area (Å²) in [6, 6.07) is 1.72. The number of carbonyl (C=O) groups excluding carboxylic acids is 1. The molecule has 0 fully saturated rings. The zero-order valence-corrected chi connectivity index (χ0v) is 12.3. The van der Waals surface area contributed by atoms with E-state index in [1.54, 1.807) is 19.9 Å². The summed E-state index contributed by atoms with van der Waals surface area (Å²) in [6.45, 7) is 4.80. The van der Waals surface area contributed by atoms with E-state index in [4.69, 9.17) is 11.5 Å². The molecule has 0 aliphatic rings. The molecule has 0 radical (unpaired) electrons. The minimum absolute atomic E-state index is 0.138. The van der Waals surface area contributed by atoms with Crippen LogP contribution in [-0.4, -0.2) is 32.2 Å². The summed E-state index contributed by atoms with van der Waals surface area (Å²) < 4.78 is 25.8. The monoisotopic (exact) mass is 285 g/mol. The average Bonchev–Trinajstić information content (AvgIpc) is 2.24. The van der Waals surface area contributed by atoms with Gasteiger partial charge in [0.2, 0.25) is 15.9 Å². The fraction of sp³-hybridized carbons (Fsp3) is 0.417. The topological polar surface area (TPSA) is 106 Å². The van der Waals surface area contributed by atoms with E-state index in [-0.39, 0.29) is 11.4 Å². The largest absolute Gasteiger partial charge is 0.398 e. The standard InChI is InChI=1S/C12H19N3O3S/c1-7-5-8(2)12(9(3)11(7)14)19(17,18)15(4)6-10(13)16/h5H,6,14H2,1-4H3,(H2,13,16). The molecule has 0 saturated carbocycles. The number of sulfonamides is 1. The van der Waals surface area contributed by atoms with Crippen LogP contribution in [0.25, 0.3) is 0 Å². The number of nitrogens with zero attached hydrogens (tertiary/aromatic N) is 1. The number of aryl methyl sites for hydroxylation is 2. The van der Waals surface area contributed by atoms with E-state index in [9.17, 15) is 13.2 Å². The number of rotatable bonds is 4. The van der Waals surface area contributed by atoms with E-state index in [1.807, 2.05) is 6.92 Å². The first-order valence-electron chi connectivity index (χ1n) is 5.70. The molecular weight excluding hydrogens is 266 g/mol. The van der Waals surface area contributed by atoms with Gasteiger partial charge in [0.05, 0.1) is 11.4 Å². The van der Waals surface area contributed by atoms with Gasteiger partial charge in [0.1, 0.15) is 0 Å². The normalized spacial score (nSPS) is 11.8. The summed E-state index contributed by atoms with van der Waals surface area (Å²) in [5, 5.41) is 0. The van der Waals surface area contributed by atoms with Crippen LogP contribution in [0.4, 0.5) is 5.69 Å². The predicted molar refractivity (Wildman–Crippen MR) is 74.1 cm³/mol. The third kappa shape index (κ3) is 2.87. The Hall–Kier alpha value is -1.60. The minimum atomic E-state index is -3.78. The van der Waals surface area contributed by atoms with Crippen LogP contribution < -0.4 is 11.5 Å². The van der Waals surface area contributed by atoms with Crippen molar-refractivity contribution >= 4 is 21.6 Å². The average molecular weight is 285 g/mol. The molecule has 0 spiro atoms. The third-order valence-corrected chi connectivity index (χ3v) is 5.10. The Bertz CT molecular complexity index is 624. The maximum Gasteiger partial charge on any atom is 0.243 e. The van der Waals surface area contributed by atoms with Crippen molar-refractivity contribution in [1.29, 1.82) is 0 Å². The maximum absolute atomic E-state index is 12.4. The molecule has 19 heavy (non-hydrogen) atoms. The minimum Gasteiger partial charge on any atom is -0.398 e. The van der Waals surface area contributed by atoms with Crippen LogP contribution in [0.15, 0.2) is 11.0 Å². The van der Waals surface area contributed by atoms with Crippen LogP contribution in [0.1, 0.15) is 16.7 Å². The van der Waals surface area contributed by atoms with E-state index in [0.717, 1.165) is 9.87 Å². The van der Waals surface area contributed by atoms with Crippen molar-refractivity contribution in [2.24, 2.45) is 5.73 Å². The van der Waals surface area contributed by atoms with Gasteiger partial charge in [0.25, 0.3) is 0 Å². The SMILES string of the molecule is Cc1cc(C)c(S(=O)(=O)N(C)CC(N)=O)c(C)c1N. The fourth-order valence-corrected chi connectivity index (χ4v) is 3.61. The van der Waals surface area contributed by atoms with Gasteiger partial charge in [-0.1, -0.05) is 6.07 Å². The van der Waals surface area contributed by atoms with E-state index >= 15 is 0 Å². The number of carbonyl (C=O) groups is 1. The highest BCUT2D eigenvalue weighted by atomic mass is 32.2. The summed E-state index contributed by atoms with van der Waals surface area (Å²) >= 11 is 0. The summed E-state index contributed by atoms with van der Waals surface area (Å²) in [5.41, 5.74) is 13.3. The van der Waals surface area contributed by atoms with Crippen LogP contribution in [0, 0.1) is 20.8 Å². The van der Waals surface area contributed by atoms with Crippen molar-refractivity contribution in [2.45, 2.75) is 25.7 Å². The Morgan fingerprint density at radius 3 is 2.26 bits per heavy atom. The molecule has 0 heterocycles. The van der Waals surface area contributed by atoms with Gasteiger partial charge in [-0.05, 0) is 37.5 Å². The van der Waals surface area contributed by atoms with Gasteiger partial charge in [0.15, 0.2) is 0 Å². The maximum atomic E-state index is 12.4. The molecule has 106 valence electrons. The highest BCUT2D eigenvalue weighted by Gasteiger charge is 2.27. The molecule has 0 aromatic heterocycles. The van der Waals surface area contributed by atoms with Crippen molar-refractivity contribution in [3.05, 3.63) is 22.8 Å². The molecule has 0 unspecified atom stereocenters. The second kappa shape index (κ2) is 5.18. The fourth-order valence-electron chi connectivity index (χ4n) is 2.04. The summed E-state index contributed by atoms with van der Waals surface area (Å²) in [7, 11) is -2.47. The lowest BCUT2D eigenvalue weighted by Crippen LogP contribution is -2.36. The highest BCUT2D eigenvalue weighted by Crippen LogP contribution is 2.29. The van der Waals surface area contributed by atoms with Crippen LogP contribution in [0.2, 0.25) is 0 Å². The molecule has 1 aromatic rings. The number of hydrogen-bond acceptors (Lipinski definition) is 4. The zero-order valence-electron chi connectivity index (χ0n) is 11.5. The van der Waals surface area contributed by atoms with Crippen molar-refractivity contribution in [3.8, 4) is 0 Å². The van der Waals surface area contributed by atoms with Crippen LogP contribution in [0.5, 0.6) is 0 Å². The number of nitrogen functional groups attached to an aromatic ring is 1. The van der Waals surface area contributed by atoms with E-state index < -0.39 is 15.9 Å². The quantitative estimate of drug-likeness (QED) is 0.776. The first-order valence-corrected chi connectivity index (χ1v) is 7.14. The molecule has 0 aliphatic heterocycles. The van der Waals surface area contributed by atoms with Gasteiger partial charge >= 0.3 is 0 Å². The Labute approximate surface area is 113 Å². The Kier molecular flexibility index (Phi) is 4.21. The lowest BCUT2D eigenvalue weighted by Gasteiger charge is -2.20. The van der Waals surface area contributed by atoms with Gasteiger partial charge in [0, 0.05) is 12.7 Å². The second-order valence-corrected chi connectivity index (χ2v) is 6.59. The number of benzene rings is 1. The first kappa shape index (κ1) is 15.5. The van der Waals surface area contributed by atoms with Crippen LogP contribution in [-0.2, 0) is 14.8 Å².